The molecule has 0 unspecified atom stereocenters. The Morgan fingerprint density at radius 3 is 2.26 bits per heavy atom. The molecular weight excluding hydrogens is 526 g/mol. The van der Waals surface area contributed by atoms with E-state index < -0.39 is 39.2 Å². The molecule has 3 aromatic carbocycles. The van der Waals surface area contributed by atoms with Crippen LogP contribution in [0.25, 0.3) is 0 Å². The highest BCUT2D eigenvalue weighted by molar-refractivity contribution is 7.92. The lowest BCUT2D eigenvalue weighted by Gasteiger charge is -2.25. The number of nitrogens with zero attached hydrogens (tertiary/aromatic N) is 2. The summed E-state index contributed by atoms with van der Waals surface area (Å²) in [4.78, 5) is 12.3. The Balaban J connectivity index is 1.94. The Morgan fingerprint density at radius 1 is 1.03 bits per heavy atom. The molecule has 0 bridgehead atoms. The van der Waals surface area contributed by atoms with E-state index in [0.29, 0.717) is 21.0 Å². The molecular formula is C23H18Cl2F3N3O3S. The van der Waals surface area contributed by atoms with Gasteiger partial charge in [0.25, 0.3) is 15.9 Å². The van der Waals surface area contributed by atoms with Gasteiger partial charge in [-0.2, -0.15) is 18.3 Å². The third kappa shape index (κ3) is 6.74. The number of anilines is 1. The summed E-state index contributed by atoms with van der Waals surface area (Å²) in [5.74, 6) is -0.880. The molecule has 0 aliphatic carbocycles. The SMILES string of the molecule is Cc1ccc(S(=O)(=O)N(CC(=O)N/N=C\c2ccc(Cl)cc2)c2ccc(Cl)c(C(F)(F)F)c2)cc1. The molecule has 0 fully saturated rings. The van der Waals surface area contributed by atoms with Crippen LogP contribution in [-0.2, 0) is 21.0 Å². The Morgan fingerprint density at radius 2 is 1.66 bits per heavy atom. The van der Waals surface area contributed by atoms with E-state index in [0.717, 1.165) is 17.7 Å². The minimum Gasteiger partial charge on any atom is -0.271 e. The van der Waals surface area contributed by atoms with Crippen molar-refractivity contribution >= 4 is 51.0 Å². The zero-order valence-corrected chi connectivity index (χ0v) is 20.4. The fourth-order valence-corrected chi connectivity index (χ4v) is 4.70. The molecule has 0 radical (unpaired) electrons. The molecule has 0 saturated carbocycles. The summed E-state index contributed by atoms with van der Waals surface area (Å²) in [5.41, 5.74) is 1.93. The second-order valence-corrected chi connectivity index (χ2v) is 10.0. The van der Waals surface area contributed by atoms with Gasteiger partial charge in [-0.1, -0.05) is 53.0 Å². The average Bonchev–Trinajstić information content (AvgIpc) is 2.79. The van der Waals surface area contributed by atoms with Crippen molar-refractivity contribution in [2.75, 3.05) is 10.8 Å². The summed E-state index contributed by atoms with van der Waals surface area (Å²) < 4.78 is 67.5. The monoisotopic (exact) mass is 543 g/mol. The second kappa shape index (κ2) is 10.7. The molecule has 12 heteroatoms. The Kier molecular flexibility index (Phi) is 8.09. The van der Waals surface area contributed by atoms with Gasteiger partial charge in [-0.15, -0.1) is 0 Å². The van der Waals surface area contributed by atoms with Crippen molar-refractivity contribution in [3.8, 4) is 0 Å². The van der Waals surface area contributed by atoms with Crippen molar-refractivity contribution in [3.63, 3.8) is 0 Å². The highest BCUT2D eigenvalue weighted by Gasteiger charge is 2.35. The molecule has 0 spiro atoms. The summed E-state index contributed by atoms with van der Waals surface area (Å²) in [6.07, 6.45) is -3.53. The normalized spacial score (nSPS) is 12.1. The van der Waals surface area contributed by atoms with Gasteiger partial charge in [0, 0.05) is 5.02 Å². The molecule has 3 rings (SSSR count). The lowest BCUT2D eigenvalue weighted by atomic mass is 10.2. The number of amides is 1. The van der Waals surface area contributed by atoms with Crippen molar-refractivity contribution in [1.82, 2.24) is 5.43 Å². The number of benzene rings is 3. The minimum atomic E-state index is -4.84. The van der Waals surface area contributed by atoms with Crippen LogP contribution in [0.3, 0.4) is 0 Å². The first-order chi connectivity index (χ1) is 16.4. The van der Waals surface area contributed by atoms with E-state index in [1.165, 1.54) is 30.5 Å². The number of nitrogens with one attached hydrogen (secondary N) is 1. The van der Waals surface area contributed by atoms with Crippen LogP contribution in [0.2, 0.25) is 10.0 Å². The van der Waals surface area contributed by atoms with Crippen LogP contribution >= 0.6 is 23.2 Å². The van der Waals surface area contributed by atoms with Gasteiger partial charge in [-0.25, -0.2) is 13.8 Å². The minimum absolute atomic E-state index is 0.205. The fourth-order valence-electron chi connectivity index (χ4n) is 2.93. The Labute approximate surface area is 210 Å². The van der Waals surface area contributed by atoms with Crippen LogP contribution < -0.4 is 9.73 Å². The molecule has 1 N–H and O–H groups in total. The molecule has 35 heavy (non-hydrogen) atoms. The number of sulfonamides is 1. The zero-order chi connectivity index (χ0) is 25.8. The van der Waals surface area contributed by atoms with Gasteiger partial charge in [0.15, 0.2) is 0 Å². The third-order valence-electron chi connectivity index (χ3n) is 4.71. The number of rotatable bonds is 7. The quantitative estimate of drug-likeness (QED) is 0.308. The highest BCUT2D eigenvalue weighted by atomic mass is 35.5. The van der Waals surface area contributed by atoms with E-state index in [1.54, 1.807) is 31.2 Å². The highest BCUT2D eigenvalue weighted by Crippen LogP contribution is 2.38. The number of halogens is 5. The summed E-state index contributed by atoms with van der Waals surface area (Å²) in [7, 11) is -4.43. The van der Waals surface area contributed by atoms with Crippen molar-refractivity contribution in [2.45, 2.75) is 18.0 Å². The van der Waals surface area contributed by atoms with Crippen LogP contribution in [0.5, 0.6) is 0 Å². The van der Waals surface area contributed by atoms with Crippen molar-refractivity contribution < 1.29 is 26.4 Å². The van der Waals surface area contributed by atoms with Crippen LogP contribution in [0.4, 0.5) is 18.9 Å². The molecule has 184 valence electrons. The van der Waals surface area contributed by atoms with E-state index in [-0.39, 0.29) is 10.6 Å². The molecule has 0 saturated heterocycles. The Hall–Kier alpha value is -3.08. The van der Waals surface area contributed by atoms with Crippen molar-refractivity contribution in [2.24, 2.45) is 5.10 Å². The van der Waals surface area contributed by atoms with E-state index in [4.69, 9.17) is 23.2 Å². The number of alkyl halides is 3. The summed E-state index contributed by atoms with van der Waals surface area (Å²) in [5, 5.41) is 3.66. The first-order valence-corrected chi connectivity index (χ1v) is 12.1. The van der Waals surface area contributed by atoms with Gasteiger partial charge in [0.1, 0.15) is 6.54 Å². The van der Waals surface area contributed by atoms with Gasteiger partial charge in [0.05, 0.1) is 27.4 Å². The van der Waals surface area contributed by atoms with Gasteiger partial charge in [-0.3, -0.25) is 9.10 Å². The number of hydrazone groups is 1. The molecule has 1 amide bonds. The summed E-state index contributed by atoms with van der Waals surface area (Å²) in [6, 6.07) is 14.8. The smallest absolute Gasteiger partial charge is 0.271 e. The van der Waals surface area contributed by atoms with Gasteiger partial charge in [0.2, 0.25) is 0 Å². The van der Waals surface area contributed by atoms with Crippen LogP contribution in [0.15, 0.2) is 76.7 Å². The molecule has 6 nitrogen and oxygen atoms in total. The maximum absolute atomic E-state index is 13.4. The molecule has 3 aromatic rings. The fraction of sp³-hybridized carbons (Fsp3) is 0.130. The number of carbonyl (C=O) groups is 1. The largest absolute Gasteiger partial charge is 0.417 e. The van der Waals surface area contributed by atoms with Gasteiger partial charge in [-0.05, 0) is 55.0 Å². The Bertz CT molecular complexity index is 1350. The molecule has 0 heterocycles. The molecule has 0 aromatic heterocycles. The van der Waals surface area contributed by atoms with E-state index in [2.05, 4.69) is 10.5 Å². The number of hydrogen-bond donors (Lipinski definition) is 1. The van der Waals surface area contributed by atoms with Gasteiger partial charge < -0.3 is 0 Å². The lowest BCUT2D eigenvalue weighted by molar-refractivity contribution is -0.137. The first-order valence-electron chi connectivity index (χ1n) is 9.91. The number of aryl methyl sites for hydroxylation is 1. The van der Waals surface area contributed by atoms with E-state index in [1.807, 2.05) is 0 Å². The topological polar surface area (TPSA) is 78.8 Å². The summed E-state index contributed by atoms with van der Waals surface area (Å²) >= 11 is 11.5. The number of carbonyl (C=O) groups excluding carboxylic acids is 1. The maximum atomic E-state index is 13.4. The predicted molar refractivity (Wildman–Crippen MR) is 129 cm³/mol. The molecule has 0 aliphatic rings. The van der Waals surface area contributed by atoms with E-state index in [9.17, 15) is 26.4 Å². The van der Waals surface area contributed by atoms with Gasteiger partial charge >= 0.3 is 6.18 Å². The van der Waals surface area contributed by atoms with Crippen LogP contribution in [0.1, 0.15) is 16.7 Å². The summed E-state index contributed by atoms with van der Waals surface area (Å²) in [6.45, 7) is 0.905. The first kappa shape index (κ1) is 26.5. The lowest BCUT2D eigenvalue weighted by Crippen LogP contribution is -2.39. The zero-order valence-electron chi connectivity index (χ0n) is 18.1. The van der Waals surface area contributed by atoms with Crippen LogP contribution in [-0.4, -0.2) is 27.1 Å². The van der Waals surface area contributed by atoms with E-state index >= 15 is 0 Å². The van der Waals surface area contributed by atoms with Crippen molar-refractivity contribution in [1.29, 1.82) is 0 Å². The second-order valence-electron chi connectivity index (χ2n) is 7.33. The third-order valence-corrected chi connectivity index (χ3v) is 7.08. The predicted octanol–water partition coefficient (Wildman–Crippen LogP) is 5.67. The average molecular weight is 544 g/mol. The van der Waals surface area contributed by atoms with Crippen molar-refractivity contribution in [3.05, 3.63) is 93.5 Å². The molecule has 0 atom stereocenters. The molecule has 0 aliphatic heterocycles. The number of hydrogen-bond acceptors (Lipinski definition) is 4. The standard InChI is InChI=1S/C23H18Cl2F3N3O3S/c1-15-2-9-19(10-3-15)35(33,34)31(18-8-11-21(25)20(12-18)23(26,27)28)14-22(32)30-29-13-16-4-6-17(24)7-5-16/h2-13H,14H2,1H3,(H,30,32)/b29-13-. The van der Waals surface area contributed by atoms with Crippen LogP contribution in [0, 0.1) is 6.92 Å². The maximum Gasteiger partial charge on any atom is 0.417 e.